The van der Waals surface area contributed by atoms with Gasteiger partial charge in [0.25, 0.3) is 0 Å². The van der Waals surface area contributed by atoms with Gasteiger partial charge in [0, 0.05) is 13.1 Å². The minimum absolute atomic E-state index is 0.295. The van der Waals surface area contributed by atoms with Crippen LogP contribution >= 0.6 is 12.6 Å². The Morgan fingerprint density at radius 1 is 1.62 bits per heavy atom. The van der Waals surface area contributed by atoms with Crippen molar-refractivity contribution >= 4 is 12.6 Å². The Morgan fingerprint density at radius 3 is 3.00 bits per heavy atom. The van der Waals surface area contributed by atoms with Gasteiger partial charge in [0.1, 0.15) is 0 Å². The van der Waals surface area contributed by atoms with E-state index in [4.69, 9.17) is 5.11 Å². The zero-order chi connectivity index (χ0) is 9.68. The Balaban J connectivity index is 2.24. The van der Waals surface area contributed by atoms with Crippen LogP contribution in [-0.4, -0.2) is 41.5 Å². The van der Waals surface area contributed by atoms with Crippen molar-refractivity contribution in [3.8, 4) is 0 Å². The molecular formula is C10H21NOS. The maximum Gasteiger partial charge on any atom is 0.0558 e. The van der Waals surface area contributed by atoms with Gasteiger partial charge in [0.2, 0.25) is 0 Å². The molecule has 0 amide bonds. The van der Waals surface area contributed by atoms with Crippen molar-refractivity contribution in [3.05, 3.63) is 0 Å². The summed E-state index contributed by atoms with van der Waals surface area (Å²) in [5, 5.41) is 9.34. The fourth-order valence-electron chi connectivity index (χ4n) is 2.17. The van der Waals surface area contributed by atoms with E-state index in [1.54, 1.807) is 0 Å². The van der Waals surface area contributed by atoms with E-state index in [0.717, 1.165) is 25.6 Å². The molecule has 2 nitrogen and oxygen atoms in total. The normalized spacial score (nSPS) is 27.5. The minimum Gasteiger partial charge on any atom is -0.395 e. The molecule has 1 aliphatic rings. The van der Waals surface area contributed by atoms with E-state index in [1.165, 1.54) is 19.3 Å². The Kier molecular flexibility index (Phi) is 5.14. The maximum atomic E-state index is 8.83. The molecule has 1 heterocycles. The van der Waals surface area contributed by atoms with Gasteiger partial charge in [-0.15, -0.1) is 0 Å². The van der Waals surface area contributed by atoms with Gasteiger partial charge in [0.15, 0.2) is 0 Å². The molecule has 0 radical (unpaired) electrons. The molecule has 0 aliphatic carbocycles. The second-order valence-corrected chi connectivity index (χ2v) is 5.00. The summed E-state index contributed by atoms with van der Waals surface area (Å²) in [5.41, 5.74) is 0. The topological polar surface area (TPSA) is 23.5 Å². The Morgan fingerprint density at radius 2 is 2.38 bits per heavy atom. The van der Waals surface area contributed by atoms with Gasteiger partial charge < -0.3 is 10.0 Å². The van der Waals surface area contributed by atoms with E-state index in [9.17, 15) is 0 Å². The highest BCUT2D eigenvalue weighted by atomic mass is 32.1. The van der Waals surface area contributed by atoms with E-state index in [0.29, 0.717) is 11.9 Å². The van der Waals surface area contributed by atoms with Crippen molar-refractivity contribution < 1.29 is 5.11 Å². The number of piperidine rings is 1. The fourth-order valence-corrected chi connectivity index (χ4v) is 2.47. The predicted molar refractivity (Wildman–Crippen MR) is 59.3 cm³/mol. The molecule has 0 spiro atoms. The molecule has 1 saturated heterocycles. The van der Waals surface area contributed by atoms with Crippen LogP contribution in [0.1, 0.15) is 26.2 Å². The zero-order valence-corrected chi connectivity index (χ0v) is 9.34. The zero-order valence-electron chi connectivity index (χ0n) is 8.45. The number of hydrogen-bond donors (Lipinski definition) is 2. The molecule has 2 atom stereocenters. The Hall–Kier alpha value is 0.270. The van der Waals surface area contributed by atoms with Crippen molar-refractivity contribution in [2.45, 2.75) is 31.4 Å². The van der Waals surface area contributed by atoms with Crippen LogP contribution in [0.2, 0.25) is 0 Å². The number of β-amino-alcohol motifs (C(OH)–C–C–N with tert-alkyl or cyclic N) is 1. The quantitative estimate of drug-likeness (QED) is 0.675. The highest BCUT2D eigenvalue weighted by Gasteiger charge is 2.19. The lowest BCUT2D eigenvalue weighted by Gasteiger charge is -2.32. The molecule has 0 bridgehead atoms. The van der Waals surface area contributed by atoms with E-state index in [-0.39, 0.29) is 0 Å². The molecule has 0 aromatic heterocycles. The molecule has 0 saturated carbocycles. The standard InChI is InChI=1S/C10H21NOS/c1-9(13)7-10-3-2-4-11(8-10)5-6-12/h9-10,12-13H,2-8H2,1H3/t9?,10-/m0/s1. The lowest BCUT2D eigenvalue weighted by Crippen LogP contribution is -2.37. The first-order valence-corrected chi connectivity index (χ1v) is 5.75. The minimum atomic E-state index is 0.295. The summed E-state index contributed by atoms with van der Waals surface area (Å²) in [4.78, 5) is 2.37. The first kappa shape index (κ1) is 11.3. The van der Waals surface area contributed by atoms with Gasteiger partial charge in [0.05, 0.1) is 6.61 Å². The number of hydrogen-bond acceptors (Lipinski definition) is 3. The fraction of sp³-hybridized carbons (Fsp3) is 1.00. The number of nitrogens with zero attached hydrogens (tertiary/aromatic N) is 1. The van der Waals surface area contributed by atoms with E-state index in [1.807, 2.05) is 0 Å². The smallest absolute Gasteiger partial charge is 0.0558 e. The van der Waals surface area contributed by atoms with Crippen LogP contribution in [0.25, 0.3) is 0 Å². The molecule has 13 heavy (non-hydrogen) atoms. The summed E-state index contributed by atoms with van der Waals surface area (Å²) in [7, 11) is 0. The van der Waals surface area contributed by atoms with Crippen LogP contribution in [0.15, 0.2) is 0 Å². The predicted octanol–water partition coefficient (Wildman–Crippen LogP) is 1.40. The number of rotatable bonds is 4. The third kappa shape index (κ3) is 4.34. The van der Waals surface area contributed by atoms with Crippen LogP contribution in [0.4, 0.5) is 0 Å². The van der Waals surface area contributed by atoms with Gasteiger partial charge in [-0.2, -0.15) is 12.6 Å². The van der Waals surface area contributed by atoms with E-state index >= 15 is 0 Å². The molecule has 1 fully saturated rings. The van der Waals surface area contributed by atoms with Gasteiger partial charge in [-0.1, -0.05) is 6.92 Å². The number of aliphatic hydroxyl groups excluding tert-OH is 1. The van der Waals surface area contributed by atoms with Crippen LogP contribution in [0, 0.1) is 5.92 Å². The lowest BCUT2D eigenvalue weighted by atomic mass is 9.93. The Labute approximate surface area is 86.7 Å². The Bertz CT molecular complexity index is 139. The molecular weight excluding hydrogens is 182 g/mol. The first-order chi connectivity index (χ1) is 6.22. The van der Waals surface area contributed by atoms with E-state index < -0.39 is 0 Å². The number of likely N-dealkylation sites (tertiary alicyclic amines) is 1. The van der Waals surface area contributed by atoms with Crippen molar-refractivity contribution in [2.75, 3.05) is 26.2 Å². The molecule has 0 aromatic carbocycles. The third-order valence-electron chi connectivity index (χ3n) is 2.69. The second kappa shape index (κ2) is 5.89. The van der Waals surface area contributed by atoms with Crippen LogP contribution < -0.4 is 0 Å². The average molecular weight is 203 g/mol. The summed E-state index contributed by atoms with van der Waals surface area (Å²) in [6, 6.07) is 0. The summed E-state index contributed by atoms with van der Waals surface area (Å²) in [5.74, 6) is 0.799. The molecule has 1 rings (SSSR count). The summed E-state index contributed by atoms with van der Waals surface area (Å²) < 4.78 is 0. The highest BCUT2D eigenvalue weighted by Crippen LogP contribution is 2.22. The van der Waals surface area contributed by atoms with Crippen LogP contribution in [0.3, 0.4) is 0 Å². The lowest BCUT2D eigenvalue weighted by molar-refractivity contribution is 0.136. The number of aliphatic hydroxyl groups is 1. The molecule has 1 unspecified atom stereocenters. The summed E-state index contributed by atoms with van der Waals surface area (Å²) in [6.45, 7) is 5.62. The van der Waals surface area contributed by atoms with Gasteiger partial charge in [-0.05, 0) is 37.0 Å². The molecule has 0 aromatic rings. The van der Waals surface area contributed by atoms with Crippen molar-refractivity contribution in [1.82, 2.24) is 4.90 Å². The highest BCUT2D eigenvalue weighted by molar-refractivity contribution is 7.80. The first-order valence-electron chi connectivity index (χ1n) is 5.23. The monoisotopic (exact) mass is 203 g/mol. The van der Waals surface area contributed by atoms with Crippen LogP contribution in [0.5, 0.6) is 0 Å². The van der Waals surface area contributed by atoms with Gasteiger partial charge in [-0.3, -0.25) is 0 Å². The van der Waals surface area contributed by atoms with Gasteiger partial charge in [-0.25, -0.2) is 0 Å². The summed E-state index contributed by atoms with van der Waals surface area (Å²) in [6.07, 6.45) is 3.84. The SMILES string of the molecule is CC(S)C[C@@H]1CCCN(CCO)C1. The third-order valence-corrected chi connectivity index (χ3v) is 2.90. The second-order valence-electron chi connectivity index (χ2n) is 4.12. The maximum absolute atomic E-state index is 8.83. The van der Waals surface area contributed by atoms with Crippen molar-refractivity contribution in [1.29, 1.82) is 0 Å². The van der Waals surface area contributed by atoms with E-state index in [2.05, 4.69) is 24.5 Å². The van der Waals surface area contributed by atoms with Crippen LogP contribution in [-0.2, 0) is 0 Å². The van der Waals surface area contributed by atoms with Gasteiger partial charge >= 0.3 is 0 Å². The largest absolute Gasteiger partial charge is 0.395 e. The molecule has 1 aliphatic heterocycles. The van der Waals surface area contributed by atoms with Crippen molar-refractivity contribution in [2.24, 2.45) is 5.92 Å². The molecule has 78 valence electrons. The number of thiol groups is 1. The summed E-state index contributed by atoms with van der Waals surface area (Å²) >= 11 is 4.42. The molecule has 3 heteroatoms. The average Bonchev–Trinajstić information content (AvgIpc) is 2.04. The van der Waals surface area contributed by atoms with Crippen molar-refractivity contribution in [3.63, 3.8) is 0 Å². The molecule has 1 N–H and O–H groups in total.